The summed E-state index contributed by atoms with van der Waals surface area (Å²) < 4.78 is 32.9. The summed E-state index contributed by atoms with van der Waals surface area (Å²) in [7, 11) is -2.02. The van der Waals surface area contributed by atoms with Crippen molar-refractivity contribution in [3.63, 3.8) is 0 Å². The highest BCUT2D eigenvalue weighted by Gasteiger charge is 2.21. The molecule has 0 bridgehead atoms. The number of benzene rings is 2. The maximum Gasteiger partial charge on any atom is 0.216 e. The average Bonchev–Trinajstić information content (AvgIpc) is 2.56. The third kappa shape index (κ3) is 4.86. The Morgan fingerprint density at radius 3 is 2.17 bits per heavy atom. The molecule has 130 valence electrons. The normalized spacial score (nSPS) is 12.8. The Morgan fingerprint density at radius 2 is 1.67 bits per heavy atom. The molecule has 0 amide bonds. The highest BCUT2D eigenvalue weighted by Crippen LogP contribution is 2.27. The SMILES string of the molecule is CCC(NS(=O)(=O)Cc1c(Cl)cccc1Cl)c1ccc(OC)cc1. The minimum absolute atomic E-state index is 0.266. The standard InChI is InChI=1S/C17H19Cl2NO3S/c1-3-17(12-7-9-13(23-2)10-8-12)20-24(21,22)11-14-15(18)5-4-6-16(14)19/h4-10,17,20H,3,11H2,1-2H3. The molecular weight excluding hydrogens is 369 g/mol. The fourth-order valence-electron chi connectivity index (χ4n) is 2.34. The molecule has 0 saturated carbocycles. The lowest BCUT2D eigenvalue weighted by Crippen LogP contribution is -2.29. The molecule has 1 N–H and O–H groups in total. The van der Waals surface area contributed by atoms with Crippen molar-refractivity contribution in [2.45, 2.75) is 25.1 Å². The predicted octanol–water partition coefficient (Wildman–Crippen LogP) is 4.57. The van der Waals surface area contributed by atoms with Crippen molar-refractivity contribution in [3.8, 4) is 5.75 Å². The molecule has 1 unspecified atom stereocenters. The maximum absolute atomic E-state index is 12.5. The largest absolute Gasteiger partial charge is 0.497 e. The van der Waals surface area contributed by atoms with E-state index in [0.717, 1.165) is 11.3 Å². The van der Waals surface area contributed by atoms with Gasteiger partial charge in [-0.3, -0.25) is 0 Å². The molecule has 7 heteroatoms. The number of halogens is 2. The molecule has 0 aliphatic heterocycles. The number of hydrogen-bond acceptors (Lipinski definition) is 3. The number of ether oxygens (including phenoxy) is 1. The topological polar surface area (TPSA) is 55.4 Å². The summed E-state index contributed by atoms with van der Waals surface area (Å²) in [5, 5.41) is 0.677. The van der Waals surface area contributed by atoms with Crippen LogP contribution in [0.3, 0.4) is 0 Å². The zero-order chi connectivity index (χ0) is 17.7. The summed E-state index contributed by atoms with van der Waals surface area (Å²) in [5.41, 5.74) is 1.27. The van der Waals surface area contributed by atoms with Gasteiger partial charge in [-0.2, -0.15) is 0 Å². The number of sulfonamides is 1. The first-order chi connectivity index (χ1) is 11.4. The Hall–Kier alpha value is -1.27. The molecule has 0 aliphatic rings. The smallest absolute Gasteiger partial charge is 0.216 e. The molecule has 1 atom stereocenters. The van der Waals surface area contributed by atoms with Gasteiger partial charge in [0.1, 0.15) is 5.75 Å². The van der Waals surface area contributed by atoms with Crippen LogP contribution in [0.2, 0.25) is 10.0 Å². The molecule has 2 aromatic rings. The third-order valence-corrected chi connectivity index (χ3v) is 5.66. The van der Waals surface area contributed by atoms with Crippen LogP contribution in [-0.4, -0.2) is 15.5 Å². The van der Waals surface area contributed by atoms with E-state index in [1.165, 1.54) is 0 Å². The Bertz CT molecular complexity index is 772. The molecule has 0 spiro atoms. The first kappa shape index (κ1) is 19.1. The Morgan fingerprint density at radius 1 is 1.08 bits per heavy atom. The Labute approximate surface area is 152 Å². The quantitative estimate of drug-likeness (QED) is 0.756. The summed E-state index contributed by atoms with van der Waals surface area (Å²) in [5.74, 6) is 0.456. The molecule has 4 nitrogen and oxygen atoms in total. The van der Waals surface area contributed by atoms with Crippen LogP contribution in [0.1, 0.15) is 30.5 Å². The molecule has 0 fully saturated rings. The zero-order valence-corrected chi connectivity index (χ0v) is 15.8. The van der Waals surface area contributed by atoms with Crippen LogP contribution in [-0.2, 0) is 15.8 Å². The molecule has 2 rings (SSSR count). The first-order valence-electron chi connectivity index (χ1n) is 7.43. The fourth-order valence-corrected chi connectivity index (χ4v) is 4.54. The van der Waals surface area contributed by atoms with E-state index in [9.17, 15) is 8.42 Å². The Balaban J connectivity index is 2.19. The van der Waals surface area contributed by atoms with Crippen LogP contribution in [0.25, 0.3) is 0 Å². The second-order valence-corrected chi connectivity index (χ2v) is 7.88. The summed E-state index contributed by atoms with van der Waals surface area (Å²) in [6.45, 7) is 1.92. The summed E-state index contributed by atoms with van der Waals surface area (Å²) in [6, 6.07) is 11.9. The summed E-state index contributed by atoms with van der Waals surface area (Å²) in [4.78, 5) is 0. The number of rotatable bonds is 7. The fraction of sp³-hybridized carbons (Fsp3) is 0.294. The predicted molar refractivity (Wildman–Crippen MR) is 98.2 cm³/mol. The van der Waals surface area contributed by atoms with E-state index < -0.39 is 10.0 Å². The van der Waals surface area contributed by atoms with E-state index in [0.29, 0.717) is 22.0 Å². The van der Waals surface area contributed by atoms with Crippen LogP contribution in [0.15, 0.2) is 42.5 Å². The van der Waals surface area contributed by atoms with E-state index in [1.807, 2.05) is 19.1 Å². The van der Waals surface area contributed by atoms with Crippen molar-refractivity contribution in [2.24, 2.45) is 0 Å². The highest BCUT2D eigenvalue weighted by atomic mass is 35.5. The minimum atomic E-state index is -3.60. The molecule has 0 aliphatic carbocycles. The molecular formula is C17H19Cl2NO3S. The lowest BCUT2D eigenvalue weighted by Gasteiger charge is -2.18. The first-order valence-corrected chi connectivity index (χ1v) is 9.84. The monoisotopic (exact) mass is 387 g/mol. The Kier molecular flexibility index (Phi) is 6.52. The van der Waals surface area contributed by atoms with E-state index in [-0.39, 0.29) is 11.8 Å². The van der Waals surface area contributed by atoms with E-state index in [1.54, 1.807) is 37.4 Å². The van der Waals surface area contributed by atoms with Gasteiger partial charge in [-0.05, 0) is 36.2 Å². The van der Waals surface area contributed by atoms with E-state index in [2.05, 4.69) is 4.72 Å². The van der Waals surface area contributed by atoms with Gasteiger partial charge in [0.25, 0.3) is 0 Å². The van der Waals surface area contributed by atoms with Gasteiger partial charge in [0.15, 0.2) is 0 Å². The second kappa shape index (κ2) is 8.21. The minimum Gasteiger partial charge on any atom is -0.497 e. The van der Waals surface area contributed by atoms with Crippen molar-refractivity contribution in [1.82, 2.24) is 4.72 Å². The van der Waals surface area contributed by atoms with Gasteiger partial charge in [0.2, 0.25) is 10.0 Å². The molecule has 2 aromatic carbocycles. The van der Waals surface area contributed by atoms with Gasteiger partial charge in [-0.1, -0.05) is 48.3 Å². The number of methoxy groups -OCH3 is 1. The summed E-state index contributed by atoms with van der Waals surface area (Å²) >= 11 is 12.1. The van der Waals surface area contributed by atoms with Gasteiger partial charge in [0.05, 0.1) is 12.9 Å². The van der Waals surface area contributed by atoms with Crippen LogP contribution in [0.5, 0.6) is 5.75 Å². The third-order valence-electron chi connectivity index (χ3n) is 3.64. The van der Waals surface area contributed by atoms with Crippen molar-refractivity contribution >= 4 is 33.2 Å². The van der Waals surface area contributed by atoms with Crippen molar-refractivity contribution in [3.05, 3.63) is 63.6 Å². The van der Waals surface area contributed by atoms with Crippen LogP contribution in [0.4, 0.5) is 0 Å². The number of nitrogens with one attached hydrogen (secondary N) is 1. The van der Waals surface area contributed by atoms with Gasteiger partial charge in [0, 0.05) is 21.7 Å². The molecule has 24 heavy (non-hydrogen) atoms. The number of hydrogen-bond donors (Lipinski definition) is 1. The molecule has 0 heterocycles. The van der Waals surface area contributed by atoms with Crippen molar-refractivity contribution in [1.29, 1.82) is 0 Å². The highest BCUT2D eigenvalue weighted by molar-refractivity contribution is 7.88. The lowest BCUT2D eigenvalue weighted by atomic mass is 10.1. The molecule has 0 aromatic heterocycles. The average molecular weight is 388 g/mol. The zero-order valence-electron chi connectivity index (χ0n) is 13.4. The van der Waals surface area contributed by atoms with Crippen LogP contribution < -0.4 is 9.46 Å². The molecule has 0 saturated heterocycles. The molecule has 0 radical (unpaired) electrons. The summed E-state index contributed by atoms with van der Waals surface area (Å²) in [6.07, 6.45) is 0.613. The van der Waals surface area contributed by atoms with Gasteiger partial charge < -0.3 is 4.74 Å². The van der Waals surface area contributed by atoms with Gasteiger partial charge in [-0.25, -0.2) is 13.1 Å². The van der Waals surface area contributed by atoms with Gasteiger partial charge >= 0.3 is 0 Å². The lowest BCUT2D eigenvalue weighted by molar-refractivity contribution is 0.414. The maximum atomic E-state index is 12.5. The van der Waals surface area contributed by atoms with Crippen LogP contribution >= 0.6 is 23.2 Å². The van der Waals surface area contributed by atoms with Crippen molar-refractivity contribution < 1.29 is 13.2 Å². The second-order valence-electron chi connectivity index (χ2n) is 5.31. The van der Waals surface area contributed by atoms with E-state index in [4.69, 9.17) is 27.9 Å². The van der Waals surface area contributed by atoms with Crippen LogP contribution in [0, 0.1) is 0 Å². The van der Waals surface area contributed by atoms with Crippen molar-refractivity contribution in [2.75, 3.05) is 7.11 Å². The van der Waals surface area contributed by atoms with Gasteiger partial charge in [-0.15, -0.1) is 0 Å². The van der Waals surface area contributed by atoms with E-state index >= 15 is 0 Å².